The summed E-state index contributed by atoms with van der Waals surface area (Å²) in [6.07, 6.45) is 3.50. The first-order valence-electron chi connectivity index (χ1n) is 8.03. The summed E-state index contributed by atoms with van der Waals surface area (Å²) in [6.45, 7) is 5.29. The van der Waals surface area contributed by atoms with Gasteiger partial charge in [-0.1, -0.05) is 0 Å². The minimum absolute atomic E-state index is 0.467. The highest BCUT2D eigenvalue weighted by atomic mass is 32.2. The highest BCUT2D eigenvalue weighted by molar-refractivity contribution is 7.99. The molecule has 0 aromatic heterocycles. The van der Waals surface area contributed by atoms with E-state index in [1.165, 1.54) is 7.11 Å². The van der Waals surface area contributed by atoms with E-state index in [-0.39, 0.29) is 0 Å². The van der Waals surface area contributed by atoms with E-state index in [0.717, 1.165) is 31.4 Å². The monoisotopic (exact) mass is 347 g/mol. The van der Waals surface area contributed by atoms with Crippen molar-refractivity contribution in [3.8, 4) is 0 Å². The number of esters is 1. The Morgan fingerprint density at radius 2 is 1.96 bits per heavy atom. The second-order valence-electron chi connectivity index (χ2n) is 6.95. The van der Waals surface area contributed by atoms with Gasteiger partial charge in [-0.05, 0) is 64.4 Å². The fourth-order valence-electron chi connectivity index (χ4n) is 2.24. The number of aliphatic hydroxyl groups is 1. The van der Waals surface area contributed by atoms with Crippen LogP contribution in [0.15, 0.2) is 0 Å². The Labute approximate surface area is 142 Å². The molecule has 1 aliphatic carbocycles. The standard InChI is InChI=1S/C16H29NO5S/c1-15(2,3)22-14(19)17-12(13(18)21-4)6-10-23-11-9-16(20)7-5-8-16/h12,20H,5-11H2,1-4H3,(H,17,19)/t12-/m0/s1. The van der Waals surface area contributed by atoms with Crippen LogP contribution in [0.4, 0.5) is 4.79 Å². The smallest absolute Gasteiger partial charge is 0.408 e. The molecular formula is C16H29NO5S. The lowest BCUT2D eigenvalue weighted by molar-refractivity contribution is -0.143. The van der Waals surface area contributed by atoms with Crippen molar-refractivity contribution in [2.75, 3.05) is 18.6 Å². The van der Waals surface area contributed by atoms with Crippen molar-refractivity contribution in [2.45, 2.75) is 70.1 Å². The average molecular weight is 347 g/mol. The Bertz CT molecular complexity index is 404. The number of amides is 1. The molecule has 0 unspecified atom stereocenters. The Morgan fingerprint density at radius 3 is 2.43 bits per heavy atom. The van der Waals surface area contributed by atoms with Gasteiger partial charge in [-0.3, -0.25) is 0 Å². The van der Waals surface area contributed by atoms with Crippen molar-refractivity contribution < 1.29 is 24.2 Å². The van der Waals surface area contributed by atoms with E-state index in [4.69, 9.17) is 9.47 Å². The van der Waals surface area contributed by atoms with E-state index >= 15 is 0 Å². The van der Waals surface area contributed by atoms with Gasteiger partial charge in [-0.25, -0.2) is 9.59 Å². The SMILES string of the molecule is COC(=O)[C@H](CCSCCC1(O)CCC1)NC(=O)OC(C)(C)C. The molecular weight excluding hydrogens is 318 g/mol. The van der Waals surface area contributed by atoms with Gasteiger partial charge in [0.05, 0.1) is 12.7 Å². The first-order valence-corrected chi connectivity index (χ1v) is 9.18. The first-order chi connectivity index (χ1) is 10.7. The zero-order valence-electron chi connectivity index (χ0n) is 14.5. The normalized spacial score (nSPS) is 17.8. The number of methoxy groups -OCH3 is 1. The molecule has 0 spiro atoms. The van der Waals surface area contributed by atoms with Gasteiger partial charge < -0.3 is 19.9 Å². The van der Waals surface area contributed by atoms with Gasteiger partial charge in [0.2, 0.25) is 0 Å². The summed E-state index contributed by atoms with van der Waals surface area (Å²) in [7, 11) is 1.30. The highest BCUT2D eigenvalue weighted by Gasteiger charge is 2.33. The molecule has 7 heteroatoms. The fourth-order valence-corrected chi connectivity index (χ4v) is 3.37. The predicted molar refractivity (Wildman–Crippen MR) is 90.5 cm³/mol. The third-order valence-corrected chi connectivity index (χ3v) is 4.74. The lowest BCUT2D eigenvalue weighted by Gasteiger charge is -2.36. The van der Waals surface area contributed by atoms with Crippen molar-refractivity contribution in [2.24, 2.45) is 0 Å². The van der Waals surface area contributed by atoms with Crippen molar-refractivity contribution in [3.63, 3.8) is 0 Å². The molecule has 0 aromatic rings. The maximum absolute atomic E-state index is 11.8. The number of carbonyl (C=O) groups is 2. The Balaban J connectivity index is 2.30. The average Bonchev–Trinajstić information content (AvgIpc) is 2.40. The molecule has 0 radical (unpaired) electrons. The van der Waals surface area contributed by atoms with Gasteiger partial charge in [0.15, 0.2) is 0 Å². The van der Waals surface area contributed by atoms with E-state index < -0.39 is 29.3 Å². The van der Waals surface area contributed by atoms with Crippen molar-refractivity contribution in [3.05, 3.63) is 0 Å². The number of ether oxygens (including phenoxy) is 2. The zero-order chi connectivity index (χ0) is 17.5. The molecule has 1 rings (SSSR count). The second kappa shape index (κ2) is 8.78. The summed E-state index contributed by atoms with van der Waals surface area (Å²) >= 11 is 1.67. The molecule has 0 heterocycles. The first kappa shape index (κ1) is 20.1. The fraction of sp³-hybridized carbons (Fsp3) is 0.875. The lowest BCUT2D eigenvalue weighted by Crippen LogP contribution is -2.44. The van der Waals surface area contributed by atoms with Crippen LogP contribution in [-0.2, 0) is 14.3 Å². The molecule has 134 valence electrons. The number of nitrogens with one attached hydrogen (secondary N) is 1. The molecule has 1 fully saturated rings. The van der Waals surface area contributed by atoms with Crippen LogP contribution >= 0.6 is 11.8 Å². The minimum atomic E-state index is -0.714. The topological polar surface area (TPSA) is 84.9 Å². The lowest BCUT2D eigenvalue weighted by atomic mass is 9.78. The van der Waals surface area contributed by atoms with Crippen LogP contribution in [-0.4, -0.2) is 53.0 Å². The van der Waals surface area contributed by atoms with Crippen LogP contribution in [0.1, 0.15) is 52.9 Å². The molecule has 0 bridgehead atoms. The molecule has 0 aliphatic heterocycles. The molecule has 1 atom stereocenters. The summed E-state index contributed by atoms with van der Waals surface area (Å²) in [4.78, 5) is 23.5. The van der Waals surface area contributed by atoms with E-state index in [9.17, 15) is 14.7 Å². The highest BCUT2D eigenvalue weighted by Crippen LogP contribution is 2.35. The van der Waals surface area contributed by atoms with E-state index in [2.05, 4.69) is 5.32 Å². The zero-order valence-corrected chi connectivity index (χ0v) is 15.3. The van der Waals surface area contributed by atoms with Crippen molar-refractivity contribution >= 4 is 23.8 Å². The van der Waals surface area contributed by atoms with Gasteiger partial charge >= 0.3 is 12.1 Å². The van der Waals surface area contributed by atoms with E-state index in [1.54, 1.807) is 32.5 Å². The van der Waals surface area contributed by atoms with Crippen LogP contribution < -0.4 is 5.32 Å². The maximum atomic E-state index is 11.8. The van der Waals surface area contributed by atoms with Gasteiger partial charge in [0, 0.05) is 0 Å². The molecule has 0 saturated heterocycles. The maximum Gasteiger partial charge on any atom is 0.408 e. The molecule has 23 heavy (non-hydrogen) atoms. The number of hydrogen-bond acceptors (Lipinski definition) is 6. The van der Waals surface area contributed by atoms with E-state index in [1.807, 2.05) is 0 Å². The molecule has 2 N–H and O–H groups in total. The predicted octanol–water partition coefficient (Wildman–Crippen LogP) is 2.48. The summed E-state index contributed by atoms with van der Waals surface area (Å²) in [6, 6.07) is -0.714. The van der Waals surface area contributed by atoms with Crippen LogP contribution in [0, 0.1) is 0 Å². The quantitative estimate of drug-likeness (QED) is 0.518. The van der Waals surface area contributed by atoms with Gasteiger partial charge in [0.1, 0.15) is 11.6 Å². The largest absolute Gasteiger partial charge is 0.467 e. The van der Waals surface area contributed by atoms with Crippen LogP contribution in [0.5, 0.6) is 0 Å². The number of rotatable bonds is 8. The summed E-state index contributed by atoms with van der Waals surface area (Å²) in [5.74, 6) is 1.07. The Morgan fingerprint density at radius 1 is 1.30 bits per heavy atom. The number of thioether (sulfide) groups is 1. The van der Waals surface area contributed by atoms with Crippen LogP contribution in [0.25, 0.3) is 0 Å². The molecule has 6 nitrogen and oxygen atoms in total. The summed E-state index contributed by atoms with van der Waals surface area (Å²) < 4.78 is 9.88. The Kier molecular flexibility index (Phi) is 7.67. The van der Waals surface area contributed by atoms with Crippen LogP contribution in [0.3, 0.4) is 0 Å². The van der Waals surface area contributed by atoms with Gasteiger partial charge in [-0.2, -0.15) is 11.8 Å². The molecule has 1 saturated carbocycles. The van der Waals surface area contributed by atoms with Crippen LogP contribution in [0.2, 0.25) is 0 Å². The number of alkyl carbamates (subject to hydrolysis) is 1. The van der Waals surface area contributed by atoms with Gasteiger partial charge in [0.25, 0.3) is 0 Å². The summed E-state index contributed by atoms with van der Waals surface area (Å²) in [5, 5.41) is 12.6. The molecule has 1 aliphatic rings. The second-order valence-corrected chi connectivity index (χ2v) is 8.18. The van der Waals surface area contributed by atoms with Crippen molar-refractivity contribution in [1.29, 1.82) is 0 Å². The third-order valence-electron chi connectivity index (χ3n) is 3.72. The Hall–Kier alpha value is -0.950. The molecule has 1 amide bonds. The van der Waals surface area contributed by atoms with Crippen molar-refractivity contribution in [1.82, 2.24) is 5.32 Å². The molecule has 0 aromatic carbocycles. The number of hydrogen-bond donors (Lipinski definition) is 2. The van der Waals surface area contributed by atoms with E-state index in [0.29, 0.717) is 12.2 Å². The third kappa shape index (κ3) is 7.92. The van der Waals surface area contributed by atoms with Gasteiger partial charge in [-0.15, -0.1) is 0 Å². The number of carbonyl (C=O) groups excluding carboxylic acids is 2. The summed E-state index contributed by atoms with van der Waals surface area (Å²) in [5.41, 5.74) is -1.08. The minimum Gasteiger partial charge on any atom is -0.467 e.